The van der Waals surface area contributed by atoms with Crippen molar-refractivity contribution in [3.05, 3.63) is 29.6 Å². The zero-order chi connectivity index (χ0) is 14.8. The molecule has 3 rings (SSSR count). The molecule has 1 aliphatic heterocycles. The molecule has 0 amide bonds. The van der Waals surface area contributed by atoms with Gasteiger partial charge >= 0.3 is 0 Å². The first kappa shape index (κ1) is 14.8. The molecule has 1 heterocycles. The lowest BCUT2D eigenvalue weighted by molar-refractivity contribution is 0.187. The second-order valence-corrected chi connectivity index (χ2v) is 6.35. The first-order valence-corrected chi connectivity index (χ1v) is 8.11. The highest BCUT2D eigenvalue weighted by atomic mass is 19.1. The summed E-state index contributed by atoms with van der Waals surface area (Å²) in [4.78, 5) is 4.71. The number of halogens is 1. The van der Waals surface area contributed by atoms with Gasteiger partial charge in [-0.3, -0.25) is 4.90 Å². The summed E-state index contributed by atoms with van der Waals surface area (Å²) in [5.41, 5.74) is 1.31. The van der Waals surface area contributed by atoms with Crippen LogP contribution in [0.1, 0.15) is 44.3 Å². The molecular weight excluding hydrogens is 267 g/mol. The summed E-state index contributed by atoms with van der Waals surface area (Å²) in [5, 5.41) is 9.52. The quantitative estimate of drug-likeness (QED) is 0.928. The van der Waals surface area contributed by atoms with Crippen molar-refractivity contribution in [2.75, 3.05) is 31.1 Å². The Labute approximate surface area is 126 Å². The molecule has 1 aliphatic carbocycles. The number of anilines is 1. The molecule has 1 saturated heterocycles. The maximum atomic E-state index is 14.2. The fraction of sp³-hybridized carbons (Fsp3) is 0.647. The standard InChI is InChI=1S/C17H25FN2O/c1-13(21)14-6-7-17(16(18)12-14)20-10-8-19(9-11-20)15-4-2-3-5-15/h6-7,12-13,15,21H,2-5,8-11H2,1H3. The van der Waals surface area contributed by atoms with E-state index in [4.69, 9.17) is 0 Å². The van der Waals surface area contributed by atoms with Gasteiger partial charge in [-0.25, -0.2) is 4.39 Å². The molecule has 1 atom stereocenters. The summed E-state index contributed by atoms with van der Waals surface area (Å²) >= 11 is 0. The van der Waals surface area contributed by atoms with Crippen molar-refractivity contribution >= 4 is 5.69 Å². The molecule has 1 unspecified atom stereocenters. The van der Waals surface area contributed by atoms with Crippen molar-refractivity contribution < 1.29 is 9.50 Å². The van der Waals surface area contributed by atoms with Crippen LogP contribution in [-0.4, -0.2) is 42.2 Å². The Hall–Kier alpha value is -1.13. The van der Waals surface area contributed by atoms with E-state index in [1.807, 2.05) is 12.1 Å². The van der Waals surface area contributed by atoms with E-state index in [1.54, 1.807) is 6.92 Å². The molecule has 4 heteroatoms. The lowest BCUT2D eigenvalue weighted by Gasteiger charge is -2.39. The third-order valence-corrected chi connectivity index (χ3v) is 4.95. The van der Waals surface area contributed by atoms with E-state index in [9.17, 15) is 9.50 Å². The largest absolute Gasteiger partial charge is 0.389 e. The van der Waals surface area contributed by atoms with Crippen LogP contribution in [0, 0.1) is 5.82 Å². The van der Waals surface area contributed by atoms with Crippen LogP contribution < -0.4 is 4.90 Å². The minimum absolute atomic E-state index is 0.220. The van der Waals surface area contributed by atoms with Crippen LogP contribution in [0.25, 0.3) is 0 Å². The fourth-order valence-electron chi connectivity index (χ4n) is 3.64. The monoisotopic (exact) mass is 292 g/mol. The van der Waals surface area contributed by atoms with Gasteiger partial charge in [-0.2, -0.15) is 0 Å². The summed E-state index contributed by atoms with van der Waals surface area (Å²) in [5.74, 6) is -0.220. The van der Waals surface area contributed by atoms with Crippen molar-refractivity contribution in [2.45, 2.75) is 44.8 Å². The van der Waals surface area contributed by atoms with Crippen LogP contribution in [0.4, 0.5) is 10.1 Å². The molecule has 0 radical (unpaired) electrons. The third-order valence-electron chi connectivity index (χ3n) is 4.95. The Kier molecular flexibility index (Phi) is 4.45. The molecular formula is C17H25FN2O. The molecule has 2 aliphatic rings. The Balaban J connectivity index is 1.63. The molecule has 0 spiro atoms. The van der Waals surface area contributed by atoms with Gasteiger partial charge in [0.2, 0.25) is 0 Å². The van der Waals surface area contributed by atoms with E-state index in [1.165, 1.54) is 31.7 Å². The summed E-state index contributed by atoms with van der Waals surface area (Å²) in [6.45, 7) is 5.50. The Morgan fingerprint density at radius 1 is 1.14 bits per heavy atom. The maximum Gasteiger partial charge on any atom is 0.146 e. The first-order valence-electron chi connectivity index (χ1n) is 8.11. The van der Waals surface area contributed by atoms with E-state index >= 15 is 0 Å². The summed E-state index contributed by atoms with van der Waals surface area (Å²) in [7, 11) is 0. The number of benzene rings is 1. The van der Waals surface area contributed by atoms with E-state index in [0.717, 1.165) is 32.2 Å². The van der Waals surface area contributed by atoms with Gasteiger partial charge in [-0.1, -0.05) is 18.9 Å². The normalized spacial score (nSPS) is 22.7. The summed E-state index contributed by atoms with van der Waals surface area (Å²) < 4.78 is 14.2. The minimum atomic E-state index is -0.618. The molecule has 1 saturated carbocycles. The number of nitrogens with zero attached hydrogens (tertiary/aromatic N) is 2. The van der Waals surface area contributed by atoms with E-state index < -0.39 is 6.10 Å². The van der Waals surface area contributed by atoms with Crippen molar-refractivity contribution in [1.29, 1.82) is 0 Å². The second-order valence-electron chi connectivity index (χ2n) is 6.35. The smallest absolute Gasteiger partial charge is 0.146 e. The highest BCUT2D eigenvalue weighted by Crippen LogP contribution is 2.27. The second kappa shape index (κ2) is 6.32. The van der Waals surface area contributed by atoms with Crippen LogP contribution in [-0.2, 0) is 0 Å². The fourth-order valence-corrected chi connectivity index (χ4v) is 3.64. The predicted octanol–water partition coefficient (Wildman–Crippen LogP) is 2.94. The lowest BCUT2D eigenvalue weighted by Crippen LogP contribution is -2.50. The zero-order valence-corrected chi connectivity index (χ0v) is 12.8. The highest BCUT2D eigenvalue weighted by Gasteiger charge is 2.27. The number of piperazine rings is 1. The van der Waals surface area contributed by atoms with Crippen molar-refractivity contribution in [3.63, 3.8) is 0 Å². The average molecular weight is 292 g/mol. The number of hydrogen-bond donors (Lipinski definition) is 1. The van der Waals surface area contributed by atoms with Gasteiger partial charge in [-0.15, -0.1) is 0 Å². The third kappa shape index (κ3) is 3.22. The highest BCUT2D eigenvalue weighted by molar-refractivity contribution is 5.50. The summed E-state index contributed by atoms with van der Waals surface area (Å²) in [6.07, 6.45) is 4.77. The van der Waals surface area contributed by atoms with E-state index in [2.05, 4.69) is 9.80 Å². The minimum Gasteiger partial charge on any atom is -0.389 e. The SMILES string of the molecule is CC(O)c1ccc(N2CCN(C3CCCC3)CC2)c(F)c1. The van der Waals surface area contributed by atoms with Crippen LogP contribution in [0.3, 0.4) is 0 Å². The van der Waals surface area contributed by atoms with Crippen molar-refractivity contribution in [2.24, 2.45) is 0 Å². The van der Waals surface area contributed by atoms with E-state index in [0.29, 0.717) is 11.3 Å². The molecule has 21 heavy (non-hydrogen) atoms. The van der Waals surface area contributed by atoms with Crippen LogP contribution in [0.15, 0.2) is 18.2 Å². The predicted molar refractivity (Wildman–Crippen MR) is 83.1 cm³/mol. The zero-order valence-electron chi connectivity index (χ0n) is 12.8. The molecule has 3 nitrogen and oxygen atoms in total. The first-order chi connectivity index (χ1) is 10.1. The Bertz CT molecular complexity index is 478. The molecule has 1 aromatic carbocycles. The average Bonchev–Trinajstić information content (AvgIpc) is 3.01. The van der Waals surface area contributed by atoms with Gasteiger partial charge in [0.05, 0.1) is 11.8 Å². The molecule has 1 aromatic rings. The van der Waals surface area contributed by atoms with Gasteiger partial charge < -0.3 is 10.0 Å². The molecule has 0 bridgehead atoms. The lowest BCUT2D eigenvalue weighted by atomic mass is 10.1. The van der Waals surface area contributed by atoms with Gasteiger partial charge in [0.1, 0.15) is 5.82 Å². The Morgan fingerprint density at radius 2 is 1.81 bits per heavy atom. The molecule has 0 aromatic heterocycles. The maximum absolute atomic E-state index is 14.2. The van der Waals surface area contributed by atoms with Crippen molar-refractivity contribution in [1.82, 2.24) is 4.90 Å². The molecule has 2 fully saturated rings. The summed E-state index contributed by atoms with van der Waals surface area (Å²) in [6, 6.07) is 5.85. The topological polar surface area (TPSA) is 26.7 Å². The van der Waals surface area contributed by atoms with Crippen LogP contribution in [0.2, 0.25) is 0 Å². The van der Waals surface area contributed by atoms with Gasteiger partial charge in [0.15, 0.2) is 0 Å². The number of aliphatic hydroxyl groups excluding tert-OH is 1. The van der Waals surface area contributed by atoms with Crippen molar-refractivity contribution in [3.8, 4) is 0 Å². The van der Waals surface area contributed by atoms with Crippen LogP contribution in [0.5, 0.6) is 0 Å². The van der Waals surface area contributed by atoms with Gasteiger partial charge in [-0.05, 0) is 37.5 Å². The Morgan fingerprint density at radius 3 is 2.38 bits per heavy atom. The molecule has 116 valence electrons. The van der Waals surface area contributed by atoms with Crippen LogP contribution >= 0.6 is 0 Å². The molecule has 1 N–H and O–H groups in total. The van der Waals surface area contributed by atoms with Gasteiger partial charge in [0, 0.05) is 32.2 Å². The van der Waals surface area contributed by atoms with E-state index in [-0.39, 0.29) is 5.82 Å². The van der Waals surface area contributed by atoms with Gasteiger partial charge in [0.25, 0.3) is 0 Å². The number of aliphatic hydroxyl groups is 1. The number of hydrogen-bond acceptors (Lipinski definition) is 3. The number of rotatable bonds is 3.